The third-order valence-electron chi connectivity index (χ3n) is 2.44. The van der Waals surface area contributed by atoms with Crippen LogP contribution >= 0.6 is 0 Å². The van der Waals surface area contributed by atoms with Crippen molar-refractivity contribution >= 4 is 0 Å². The Morgan fingerprint density at radius 2 is 2.00 bits per heavy atom. The second-order valence-corrected chi connectivity index (χ2v) is 3.27. The van der Waals surface area contributed by atoms with Gasteiger partial charge in [-0.3, -0.25) is 5.26 Å². The molecule has 0 unspecified atom stereocenters. The standard InChI is InChI=1S/C9H16O2/c1-2-3-8-4-6-9(11-10)7-5-8/h2,8-10H,1,3-7H2. The van der Waals surface area contributed by atoms with E-state index in [1.165, 1.54) is 0 Å². The number of rotatable bonds is 3. The molecular formula is C9H16O2. The van der Waals surface area contributed by atoms with Gasteiger partial charge in [-0.1, -0.05) is 6.08 Å². The summed E-state index contributed by atoms with van der Waals surface area (Å²) in [6, 6.07) is 0. The summed E-state index contributed by atoms with van der Waals surface area (Å²) in [5, 5.41) is 8.39. The minimum absolute atomic E-state index is 0.0936. The van der Waals surface area contributed by atoms with Crippen molar-refractivity contribution < 1.29 is 10.1 Å². The first kappa shape index (κ1) is 8.75. The van der Waals surface area contributed by atoms with Gasteiger partial charge in [-0.05, 0) is 38.0 Å². The Morgan fingerprint density at radius 3 is 2.45 bits per heavy atom. The molecule has 0 saturated heterocycles. The molecule has 0 bridgehead atoms. The van der Waals surface area contributed by atoms with E-state index in [1.54, 1.807) is 0 Å². The molecule has 0 spiro atoms. The zero-order valence-electron chi connectivity index (χ0n) is 6.83. The summed E-state index contributed by atoms with van der Waals surface area (Å²) in [6.07, 6.45) is 7.50. The summed E-state index contributed by atoms with van der Waals surface area (Å²) < 4.78 is 0. The molecule has 0 radical (unpaired) electrons. The fourth-order valence-corrected chi connectivity index (χ4v) is 1.71. The number of hydrogen-bond donors (Lipinski definition) is 1. The average Bonchev–Trinajstić information content (AvgIpc) is 2.07. The lowest BCUT2D eigenvalue weighted by Crippen LogP contribution is -2.20. The summed E-state index contributed by atoms with van der Waals surface area (Å²) in [4.78, 5) is 4.29. The Kier molecular flexibility index (Phi) is 3.60. The molecule has 1 fully saturated rings. The van der Waals surface area contributed by atoms with Crippen LogP contribution in [-0.4, -0.2) is 11.4 Å². The maximum absolute atomic E-state index is 8.39. The molecule has 2 nitrogen and oxygen atoms in total. The van der Waals surface area contributed by atoms with Crippen LogP contribution < -0.4 is 0 Å². The summed E-state index contributed by atoms with van der Waals surface area (Å²) in [5.74, 6) is 0.777. The van der Waals surface area contributed by atoms with Crippen LogP contribution in [0, 0.1) is 5.92 Å². The zero-order chi connectivity index (χ0) is 8.10. The van der Waals surface area contributed by atoms with Crippen molar-refractivity contribution in [1.29, 1.82) is 0 Å². The molecule has 1 N–H and O–H groups in total. The zero-order valence-corrected chi connectivity index (χ0v) is 6.83. The van der Waals surface area contributed by atoms with Crippen molar-refractivity contribution in [3.05, 3.63) is 12.7 Å². The van der Waals surface area contributed by atoms with Gasteiger partial charge in [0.25, 0.3) is 0 Å². The molecule has 0 amide bonds. The molecule has 64 valence electrons. The van der Waals surface area contributed by atoms with Crippen LogP contribution in [0.25, 0.3) is 0 Å². The van der Waals surface area contributed by atoms with Gasteiger partial charge in [0, 0.05) is 0 Å². The monoisotopic (exact) mass is 156 g/mol. The third kappa shape index (κ3) is 2.64. The van der Waals surface area contributed by atoms with Gasteiger partial charge in [-0.15, -0.1) is 6.58 Å². The first-order chi connectivity index (χ1) is 5.36. The molecule has 1 aliphatic carbocycles. The highest BCUT2D eigenvalue weighted by atomic mass is 17.1. The van der Waals surface area contributed by atoms with Crippen LogP contribution in [0.3, 0.4) is 0 Å². The Hall–Kier alpha value is -0.340. The second-order valence-electron chi connectivity index (χ2n) is 3.27. The topological polar surface area (TPSA) is 29.5 Å². The van der Waals surface area contributed by atoms with Crippen LogP contribution in [0.15, 0.2) is 12.7 Å². The quantitative estimate of drug-likeness (QED) is 0.386. The van der Waals surface area contributed by atoms with Gasteiger partial charge in [0.2, 0.25) is 0 Å². The minimum Gasteiger partial charge on any atom is -0.252 e. The van der Waals surface area contributed by atoms with Gasteiger partial charge in [-0.25, -0.2) is 4.89 Å². The maximum atomic E-state index is 8.39. The fourth-order valence-electron chi connectivity index (χ4n) is 1.71. The first-order valence-electron chi connectivity index (χ1n) is 4.28. The second kappa shape index (κ2) is 4.52. The molecule has 0 aliphatic heterocycles. The highest BCUT2D eigenvalue weighted by molar-refractivity contribution is 4.78. The van der Waals surface area contributed by atoms with Gasteiger partial charge in [0.1, 0.15) is 0 Å². The lowest BCUT2D eigenvalue weighted by Gasteiger charge is -2.25. The Morgan fingerprint density at radius 1 is 1.36 bits per heavy atom. The van der Waals surface area contributed by atoms with E-state index in [2.05, 4.69) is 11.5 Å². The lowest BCUT2D eigenvalue weighted by molar-refractivity contribution is -0.285. The van der Waals surface area contributed by atoms with Crippen LogP contribution in [0.2, 0.25) is 0 Å². The number of allylic oxidation sites excluding steroid dienone is 1. The van der Waals surface area contributed by atoms with Crippen molar-refractivity contribution in [2.45, 2.75) is 38.2 Å². The average molecular weight is 156 g/mol. The molecule has 0 aromatic heterocycles. The molecule has 1 rings (SSSR count). The van der Waals surface area contributed by atoms with Crippen molar-refractivity contribution in [3.63, 3.8) is 0 Å². The highest BCUT2D eigenvalue weighted by Crippen LogP contribution is 2.27. The molecule has 2 heteroatoms. The smallest absolute Gasteiger partial charge is 0.0927 e. The van der Waals surface area contributed by atoms with Gasteiger partial charge in [-0.2, -0.15) is 0 Å². The fraction of sp³-hybridized carbons (Fsp3) is 0.778. The van der Waals surface area contributed by atoms with E-state index in [0.717, 1.165) is 38.0 Å². The van der Waals surface area contributed by atoms with Crippen LogP contribution in [-0.2, 0) is 4.89 Å². The van der Waals surface area contributed by atoms with Crippen molar-refractivity contribution in [3.8, 4) is 0 Å². The highest BCUT2D eigenvalue weighted by Gasteiger charge is 2.20. The molecule has 11 heavy (non-hydrogen) atoms. The molecular weight excluding hydrogens is 140 g/mol. The molecule has 0 atom stereocenters. The van der Waals surface area contributed by atoms with E-state index >= 15 is 0 Å². The molecule has 0 aromatic rings. The van der Waals surface area contributed by atoms with E-state index in [0.29, 0.717) is 0 Å². The van der Waals surface area contributed by atoms with Gasteiger partial charge < -0.3 is 0 Å². The van der Waals surface area contributed by atoms with Crippen LogP contribution in [0.1, 0.15) is 32.1 Å². The molecule has 0 aromatic carbocycles. The van der Waals surface area contributed by atoms with E-state index in [1.807, 2.05) is 6.08 Å². The van der Waals surface area contributed by atoms with Crippen LogP contribution in [0.4, 0.5) is 0 Å². The maximum Gasteiger partial charge on any atom is 0.0927 e. The summed E-state index contributed by atoms with van der Waals surface area (Å²) in [5.41, 5.74) is 0. The predicted molar refractivity (Wildman–Crippen MR) is 44.3 cm³/mol. The van der Waals surface area contributed by atoms with Crippen LogP contribution in [0.5, 0.6) is 0 Å². The Bertz CT molecular complexity index is 115. The summed E-state index contributed by atoms with van der Waals surface area (Å²) in [7, 11) is 0. The Labute approximate surface area is 67.8 Å². The van der Waals surface area contributed by atoms with Crippen molar-refractivity contribution in [1.82, 2.24) is 0 Å². The summed E-state index contributed by atoms with van der Waals surface area (Å²) >= 11 is 0. The minimum atomic E-state index is 0.0936. The van der Waals surface area contributed by atoms with Gasteiger partial charge in [0.15, 0.2) is 0 Å². The van der Waals surface area contributed by atoms with E-state index in [4.69, 9.17) is 5.26 Å². The molecule has 0 heterocycles. The first-order valence-corrected chi connectivity index (χ1v) is 4.28. The lowest BCUT2D eigenvalue weighted by atomic mass is 9.85. The number of hydrogen-bond acceptors (Lipinski definition) is 2. The molecule has 1 aliphatic rings. The largest absolute Gasteiger partial charge is 0.252 e. The van der Waals surface area contributed by atoms with Gasteiger partial charge >= 0.3 is 0 Å². The summed E-state index contributed by atoms with van der Waals surface area (Å²) in [6.45, 7) is 3.71. The van der Waals surface area contributed by atoms with E-state index in [-0.39, 0.29) is 6.10 Å². The third-order valence-corrected chi connectivity index (χ3v) is 2.44. The van der Waals surface area contributed by atoms with E-state index in [9.17, 15) is 0 Å². The SMILES string of the molecule is C=CCC1CCC(OO)CC1. The van der Waals surface area contributed by atoms with Crippen molar-refractivity contribution in [2.75, 3.05) is 0 Å². The van der Waals surface area contributed by atoms with E-state index < -0.39 is 0 Å². The Balaban J connectivity index is 2.18. The normalized spacial score (nSPS) is 31.7. The predicted octanol–water partition coefficient (Wildman–Crippen LogP) is 2.61. The van der Waals surface area contributed by atoms with Gasteiger partial charge in [0.05, 0.1) is 6.10 Å². The molecule has 1 saturated carbocycles. The van der Waals surface area contributed by atoms with Crippen molar-refractivity contribution in [2.24, 2.45) is 5.92 Å².